The summed E-state index contributed by atoms with van der Waals surface area (Å²) in [4.78, 5) is 32.3. The molecule has 0 saturated carbocycles. The van der Waals surface area contributed by atoms with Gasteiger partial charge in [0, 0.05) is 43.6 Å². The van der Waals surface area contributed by atoms with Gasteiger partial charge in [0.05, 0.1) is 13.2 Å². The first-order chi connectivity index (χ1) is 15.7. The molecule has 0 atom stereocenters. The molecule has 0 radical (unpaired) electrons. The van der Waals surface area contributed by atoms with E-state index in [4.69, 9.17) is 9.47 Å². The third-order valence-corrected chi connectivity index (χ3v) is 4.59. The van der Waals surface area contributed by atoms with Gasteiger partial charge in [0.2, 0.25) is 5.91 Å². The van der Waals surface area contributed by atoms with Gasteiger partial charge < -0.3 is 20.1 Å². The molecule has 0 saturated heterocycles. The molecule has 1 aromatic heterocycles. The number of carbonyl (C=O) groups is 2. The van der Waals surface area contributed by atoms with Gasteiger partial charge in [-0.05, 0) is 23.3 Å². The van der Waals surface area contributed by atoms with Crippen LogP contribution in [0.4, 0.5) is 0 Å². The van der Waals surface area contributed by atoms with Gasteiger partial charge in [-0.2, -0.15) is 0 Å². The molecule has 8 heteroatoms. The molecule has 32 heavy (non-hydrogen) atoms. The largest absolute Gasteiger partial charge is 0.462 e. The summed E-state index contributed by atoms with van der Waals surface area (Å²) in [5.41, 5.74) is 3.38. The SMILES string of the molecule is COCCC(=O)NCc1ccc(C(=O)NCCOc2ncc(-c3ccccc3)cn2)cc1. The Morgan fingerprint density at radius 1 is 0.875 bits per heavy atom. The van der Waals surface area contributed by atoms with Crippen molar-refractivity contribution in [3.8, 4) is 17.1 Å². The average Bonchev–Trinajstić information content (AvgIpc) is 2.85. The van der Waals surface area contributed by atoms with Gasteiger partial charge in [-0.3, -0.25) is 9.59 Å². The molecule has 2 aromatic carbocycles. The second-order valence-corrected chi connectivity index (χ2v) is 6.94. The highest BCUT2D eigenvalue weighted by atomic mass is 16.5. The van der Waals surface area contributed by atoms with Gasteiger partial charge in [-0.1, -0.05) is 42.5 Å². The summed E-state index contributed by atoms with van der Waals surface area (Å²) in [5.74, 6) is -0.281. The van der Waals surface area contributed by atoms with E-state index in [0.717, 1.165) is 16.7 Å². The van der Waals surface area contributed by atoms with Crippen LogP contribution in [0.25, 0.3) is 11.1 Å². The van der Waals surface area contributed by atoms with Crippen molar-refractivity contribution >= 4 is 11.8 Å². The Labute approximate surface area is 187 Å². The molecule has 3 rings (SSSR count). The van der Waals surface area contributed by atoms with E-state index in [9.17, 15) is 9.59 Å². The number of hydrogen-bond donors (Lipinski definition) is 2. The van der Waals surface area contributed by atoms with Crippen LogP contribution in [-0.2, 0) is 16.1 Å². The minimum absolute atomic E-state index is 0.0765. The van der Waals surface area contributed by atoms with E-state index in [1.54, 1.807) is 31.6 Å². The smallest absolute Gasteiger partial charge is 0.316 e. The average molecular weight is 434 g/mol. The maximum absolute atomic E-state index is 12.3. The predicted molar refractivity (Wildman–Crippen MR) is 120 cm³/mol. The van der Waals surface area contributed by atoms with Crippen molar-refractivity contribution in [2.75, 3.05) is 26.9 Å². The lowest BCUT2D eigenvalue weighted by molar-refractivity contribution is -0.122. The fraction of sp³-hybridized carbons (Fsp3) is 0.250. The lowest BCUT2D eigenvalue weighted by Crippen LogP contribution is -2.28. The molecule has 0 unspecified atom stereocenters. The molecule has 3 aromatic rings. The molecule has 2 N–H and O–H groups in total. The number of hydrogen-bond acceptors (Lipinski definition) is 6. The molecule has 2 amide bonds. The molecular formula is C24H26N4O4. The summed E-state index contributed by atoms with van der Waals surface area (Å²) < 4.78 is 10.4. The number of nitrogens with zero attached hydrogens (tertiary/aromatic N) is 2. The van der Waals surface area contributed by atoms with Crippen LogP contribution in [-0.4, -0.2) is 48.7 Å². The summed E-state index contributed by atoms with van der Waals surface area (Å²) in [6.07, 6.45) is 3.73. The summed E-state index contributed by atoms with van der Waals surface area (Å²) in [5, 5.41) is 5.60. The van der Waals surface area contributed by atoms with Crippen molar-refractivity contribution in [2.45, 2.75) is 13.0 Å². The Morgan fingerprint density at radius 3 is 2.28 bits per heavy atom. The highest BCUT2D eigenvalue weighted by Gasteiger charge is 2.07. The quantitative estimate of drug-likeness (QED) is 0.450. The van der Waals surface area contributed by atoms with Crippen LogP contribution >= 0.6 is 0 Å². The normalized spacial score (nSPS) is 10.4. The van der Waals surface area contributed by atoms with E-state index < -0.39 is 0 Å². The summed E-state index contributed by atoms with van der Waals surface area (Å²) in [7, 11) is 1.56. The van der Waals surface area contributed by atoms with Crippen molar-refractivity contribution in [3.63, 3.8) is 0 Å². The number of carbonyl (C=O) groups excluding carboxylic acids is 2. The van der Waals surface area contributed by atoms with Crippen LogP contribution in [0, 0.1) is 0 Å². The summed E-state index contributed by atoms with van der Waals surface area (Å²) in [6, 6.07) is 17.2. The second-order valence-electron chi connectivity index (χ2n) is 6.94. The van der Waals surface area contributed by atoms with Crippen LogP contribution in [0.2, 0.25) is 0 Å². The number of methoxy groups -OCH3 is 1. The van der Waals surface area contributed by atoms with E-state index in [2.05, 4.69) is 20.6 Å². The van der Waals surface area contributed by atoms with Crippen molar-refractivity contribution in [2.24, 2.45) is 0 Å². The molecule has 0 spiro atoms. The number of amides is 2. The zero-order valence-corrected chi connectivity index (χ0v) is 17.9. The number of ether oxygens (including phenoxy) is 2. The number of aromatic nitrogens is 2. The molecule has 0 fully saturated rings. The van der Waals surface area contributed by atoms with Gasteiger partial charge in [0.15, 0.2) is 0 Å². The first-order valence-corrected chi connectivity index (χ1v) is 10.3. The Balaban J connectivity index is 1.38. The van der Waals surface area contributed by atoms with Gasteiger partial charge in [-0.25, -0.2) is 9.97 Å². The predicted octanol–water partition coefficient (Wildman–Crippen LogP) is 2.61. The molecule has 0 aliphatic rings. The zero-order valence-electron chi connectivity index (χ0n) is 17.9. The minimum atomic E-state index is -0.204. The first-order valence-electron chi connectivity index (χ1n) is 10.3. The molecular weight excluding hydrogens is 408 g/mol. The fourth-order valence-corrected chi connectivity index (χ4v) is 2.84. The number of benzene rings is 2. The van der Waals surface area contributed by atoms with E-state index in [1.807, 2.05) is 42.5 Å². The van der Waals surface area contributed by atoms with E-state index >= 15 is 0 Å². The summed E-state index contributed by atoms with van der Waals surface area (Å²) >= 11 is 0. The maximum atomic E-state index is 12.3. The minimum Gasteiger partial charge on any atom is -0.462 e. The Morgan fingerprint density at radius 2 is 1.59 bits per heavy atom. The molecule has 0 bridgehead atoms. The molecule has 8 nitrogen and oxygen atoms in total. The standard InChI is InChI=1S/C24H26N4O4/c1-31-13-11-22(29)26-15-18-7-9-20(10-8-18)23(30)25-12-14-32-24-27-16-21(17-28-24)19-5-3-2-4-6-19/h2-10,16-17H,11-15H2,1H3,(H,25,30)(H,26,29). The third kappa shape index (κ3) is 7.17. The second kappa shape index (κ2) is 12.2. The van der Waals surface area contributed by atoms with Gasteiger partial charge in [0.1, 0.15) is 6.61 Å². The fourth-order valence-electron chi connectivity index (χ4n) is 2.84. The van der Waals surface area contributed by atoms with Gasteiger partial charge in [-0.15, -0.1) is 0 Å². The Hall–Kier alpha value is -3.78. The van der Waals surface area contributed by atoms with Gasteiger partial charge >= 0.3 is 6.01 Å². The topological polar surface area (TPSA) is 102 Å². The molecule has 1 heterocycles. The zero-order chi connectivity index (χ0) is 22.6. The van der Waals surface area contributed by atoms with E-state index in [0.29, 0.717) is 31.7 Å². The van der Waals surface area contributed by atoms with Crippen LogP contribution in [0.3, 0.4) is 0 Å². The highest BCUT2D eigenvalue weighted by molar-refractivity contribution is 5.94. The highest BCUT2D eigenvalue weighted by Crippen LogP contribution is 2.17. The van der Waals surface area contributed by atoms with Crippen molar-refractivity contribution in [1.29, 1.82) is 0 Å². The summed E-state index contributed by atoms with van der Waals surface area (Å²) in [6.45, 7) is 1.36. The van der Waals surface area contributed by atoms with E-state index in [-0.39, 0.29) is 24.4 Å². The van der Waals surface area contributed by atoms with Crippen molar-refractivity contribution in [1.82, 2.24) is 20.6 Å². The molecule has 166 valence electrons. The van der Waals surface area contributed by atoms with Crippen LogP contribution in [0.15, 0.2) is 67.0 Å². The monoisotopic (exact) mass is 434 g/mol. The van der Waals surface area contributed by atoms with Crippen LogP contribution in [0.1, 0.15) is 22.3 Å². The van der Waals surface area contributed by atoms with Crippen LogP contribution in [0.5, 0.6) is 6.01 Å². The van der Waals surface area contributed by atoms with Gasteiger partial charge in [0.25, 0.3) is 5.91 Å². The number of rotatable bonds is 11. The molecule has 0 aliphatic carbocycles. The Bertz CT molecular complexity index is 993. The van der Waals surface area contributed by atoms with Crippen molar-refractivity contribution in [3.05, 3.63) is 78.1 Å². The lowest BCUT2D eigenvalue weighted by atomic mass is 10.1. The van der Waals surface area contributed by atoms with Crippen LogP contribution < -0.4 is 15.4 Å². The maximum Gasteiger partial charge on any atom is 0.316 e. The third-order valence-electron chi connectivity index (χ3n) is 4.59. The van der Waals surface area contributed by atoms with Crippen molar-refractivity contribution < 1.29 is 19.1 Å². The first kappa shape index (κ1) is 22.9. The van der Waals surface area contributed by atoms with E-state index in [1.165, 1.54) is 0 Å². The number of nitrogens with one attached hydrogen (secondary N) is 2. The molecule has 0 aliphatic heterocycles. The Kier molecular flexibility index (Phi) is 8.70. The lowest BCUT2D eigenvalue weighted by Gasteiger charge is -2.08.